The molecule has 0 aliphatic rings. The summed E-state index contributed by atoms with van der Waals surface area (Å²) in [6, 6.07) is 10.6. The zero-order valence-electron chi connectivity index (χ0n) is 22.6. The number of hydrogen-bond donors (Lipinski definition) is 0. The maximum atomic E-state index is 13.8. The Morgan fingerprint density at radius 2 is 1.75 bits per heavy atom. The SMILES string of the molecule is [C-]#[N+]c1cc(F)ccc1[C@@H](OC)[C@@H](C)S(=O)(=O)Cc1nnc(-c2cncc(C)c2)n1-c1c(OC)cccc1OC. The second-order valence-corrected chi connectivity index (χ2v) is 11.4. The van der Waals surface area contributed by atoms with Crippen molar-refractivity contribution in [3.63, 3.8) is 0 Å². The molecule has 2 heterocycles. The summed E-state index contributed by atoms with van der Waals surface area (Å²) in [7, 11) is 0.341. The highest BCUT2D eigenvalue weighted by atomic mass is 32.2. The molecule has 0 bridgehead atoms. The van der Waals surface area contributed by atoms with Gasteiger partial charge in [0.05, 0.1) is 32.1 Å². The van der Waals surface area contributed by atoms with Crippen molar-refractivity contribution in [3.8, 4) is 28.6 Å². The van der Waals surface area contributed by atoms with E-state index >= 15 is 0 Å². The molecule has 40 heavy (non-hydrogen) atoms. The first-order chi connectivity index (χ1) is 19.1. The van der Waals surface area contributed by atoms with E-state index in [1.54, 1.807) is 35.2 Å². The summed E-state index contributed by atoms with van der Waals surface area (Å²) < 4.78 is 59.8. The Balaban J connectivity index is 1.86. The number of aryl methyl sites for hydroxylation is 1. The van der Waals surface area contributed by atoms with Gasteiger partial charge in [-0.25, -0.2) is 17.7 Å². The van der Waals surface area contributed by atoms with E-state index in [4.69, 9.17) is 20.8 Å². The summed E-state index contributed by atoms with van der Waals surface area (Å²) in [5, 5.41) is 7.49. The molecule has 10 nitrogen and oxygen atoms in total. The summed E-state index contributed by atoms with van der Waals surface area (Å²) in [6.45, 7) is 10.8. The maximum absolute atomic E-state index is 13.8. The molecule has 0 saturated heterocycles. The molecule has 0 aliphatic heterocycles. The van der Waals surface area contributed by atoms with Gasteiger partial charge in [0.1, 0.15) is 28.8 Å². The Morgan fingerprint density at radius 3 is 2.35 bits per heavy atom. The van der Waals surface area contributed by atoms with Crippen molar-refractivity contribution in [2.75, 3.05) is 21.3 Å². The number of methoxy groups -OCH3 is 3. The van der Waals surface area contributed by atoms with Crippen LogP contribution in [0.5, 0.6) is 11.5 Å². The molecule has 2 atom stereocenters. The fourth-order valence-corrected chi connectivity index (χ4v) is 5.93. The van der Waals surface area contributed by atoms with Crippen LogP contribution in [0, 0.1) is 19.3 Å². The summed E-state index contributed by atoms with van der Waals surface area (Å²) >= 11 is 0. The maximum Gasteiger partial charge on any atom is 0.195 e. The second-order valence-electron chi connectivity index (χ2n) is 9.02. The van der Waals surface area contributed by atoms with E-state index in [0.29, 0.717) is 28.6 Å². The van der Waals surface area contributed by atoms with Gasteiger partial charge in [-0.3, -0.25) is 9.55 Å². The van der Waals surface area contributed by atoms with E-state index in [1.807, 2.05) is 13.0 Å². The van der Waals surface area contributed by atoms with Crippen LogP contribution in [-0.4, -0.2) is 54.7 Å². The molecule has 4 rings (SSSR count). The van der Waals surface area contributed by atoms with Crippen LogP contribution in [0.4, 0.5) is 10.1 Å². The van der Waals surface area contributed by atoms with Crippen LogP contribution in [0.1, 0.15) is 30.0 Å². The number of benzene rings is 2. The van der Waals surface area contributed by atoms with E-state index in [-0.39, 0.29) is 17.1 Å². The van der Waals surface area contributed by atoms with Crippen molar-refractivity contribution in [2.24, 2.45) is 0 Å². The molecule has 2 aromatic carbocycles. The standard InChI is InChI=1S/C28H28FN5O5S/c1-17-12-19(15-31-14-17)28-33-32-25(34(28)26-23(37-4)8-7-9-24(26)38-5)16-40(35,36)18(2)27(39-6)21-11-10-20(29)13-22(21)30-3/h7-15,18,27H,16H2,1-2,4-6H3/t18-,27+/m1/s1. The predicted octanol–water partition coefficient (Wildman–Crippen LogP) is 5.04. The van der Waals surface area contributed by atoms with Gasteiger partial charge < -0.3 is 14.2 Å². The van der Waals surface area contributed by atoms with Gasteiger partial charge in [0, 0.05) is 25.1 Å². The van der Waals surface area contributed by atoms with Gasteiger partial charge in [-0.05, 0) is 55.3 Å². The highest BCUT2D eigenvalue weighted by Gasteiger charge is 2.35. The summed E-state index contributed by atoms with van der Waals surface area (Å²) in [4.78, 5) is 7.61. The van der Waals surface area contributed by atoms with Crippen molar-refractivity contribution in [2.45, 2.75) is 31.0 Å². The Labute approximate surface area is 232 Å². The van der Waals surface area contributed by atoms with Crippen LogP contribution in [0.3, 0.4) is 0 Å². The third kappa shape index (κ3) is 5.52. The van der Waals surface area contributed by atoms with Gasteiger partial charge in [-0.2, -0.15) is 0 Å². The van der Waals surface area contributed by atoms with Crippen molar-refractivity contribution < 1.29 is 27.0 Å². The fourth-order valence-electron chi connectivity index (χ4n) is 4.49. The second kappa shape index (κ2) is 11.8. The summed E-state index contributed by atoms with van der Waals surface area (Å²) in [5.74, 6) is 0.137. The number of para-hydroxylation sites is 1. The molecular formula is C28H28FN5O5S. The number of halogens is 1. The number of aromatic nitrogens is 4. The number of ether oxygens (including phenoxy) is 3. The minimum Gasteiger partial charge on any atom is -0.494 e. The van der Waals surface area contributed by atoms with Crippen LogP contribution < -0.4 is 9.47 Å². The van der Waals surface area contributed by atoms with Gasteiger partial charge in [-0.15, -0.1) is 10.2 Å². The molecule has 208 valence electrons. The molecular weight excluding hydrogens is 537 g/mol. The summed E-state index contributed by atoms with van der Waals surface area (Å²) in [5.41, 5.74) is 2.16. The van der Waals surface area contributed by atoms with Crippen molar-refractivity contribution in [3.05, 3.63) is 89.0 Å². The molecule has 0 fully saturated rings. The highest BCUT2D eigenvalue weighted by molar-refractivity contribution is 7.91. The number of sulfone groups is 1. The van der Waals surface area contributed by atoms with Crippen LogP contribution in [0.15, 0.2) is 54.9 Å². The topological polar surface area (TPSA) is 110 Å². The summed E-state index contributed by atoms with van der Waals surface area (Å²) in [6.07, 6.45) is 2.27. The Kier molecular flexibility index (Phi) is 8.46. The van der Waals surface area contributed by atoms with Crippen LogP contribution in [0.25, 0.3) is 21.9 Å². The lowest BCUT2D eigenvalue weighted by atomic mass is 10.0. The van der Waals surface area contributed by atoms with Gasteiger partial charge in [0.15, 0.2) is 27.2 Å². The van der Waals surface area contributed by atoms with E-state index < -0.39 is 32.8 Å². The minimum atomic E-state index is -4.00. The number of nitrogens with zero attached hydrogens (tertiary/aromatic N) is 5. The van der Waals surface area contributed by atoms with Gasteiger partial charge in [0.2, 0.25) is 0 Å². The quantitative estimate of drug-likeness (QED) is 0.246. The fraction of sp³-hybridized carbons (Fsp3) is 0.286. The zero-order valence-corrected chi connectivity index (χ0v) is 23.4. The predicted molar refractivity (Wildman–Crippen MR) is 147 cm³/mol. The first kappa shape index (κ1) is 28.7. The van der Waals surface area contributed by atoms with Crippen molar-refractivity contribution >= 4 is 15.5 Å². The average Bonchev–Trinajstić information content (AvgIpc) is 3.35. The molecule has 0 spiro atoms. The van der Waals surface area contributed by atoms with Crippen LogP contribution in [0.2, 0.25) is 0 Å². The van der Waals surface area contributed by atoms with Crippen LogP contribution in [-0.2, 0) is 20.3 Å². The van der Waals surface area contributed by atoms with E-state index in [9.17, 15) is 12.8 Å². The minimum absolute atomic E-state index is 0.0231. The smallest absolute Gasteiger partial charge is 0.195 e. The van der Waals surface area contributed by atoms with Crippen molar-refractivity contribution in [1.29, 1.82) is 0 Å². The lowest BCUT2D eigenvalue weighted by Gasteiger charge is -2.24. The molecule has 2 aromatic heterocycles. The number of pyridine rings is 1. The molecule has 0 radical (unpaired) electrons. The molecule has 0 N–H and O–H groups in total. The average molecular weight is 566 g/mol. The molecule has 0 amide bonds. The largest absolute Gasteiger partial charge is 0.494 e. The van der Waals surface area contributed by atoms with E-state index in [2.05, 4.69) is 20.0 Å². The van der Waals surface area contributed by atoms with Gasteiger partial charge in [-0.1, -0.05) is 12.1 Å². The Morgan fingerprint density at radius 1 is 1.05 bits per heavy atom. The van der Waals surface area contributed by atoms with Crippen molar-refractivity contribution in [1.82, 2.24) is 19.7 Å². The van der Waals surface area contributed by atoms with Gasteiger partial charge in [0.25, 0.3) is 0 Å². The first-order valence-corrected chi connectivity index (χ1v) is 13.9. The molecule has 4 aromatic rings. The van der Waals surface area contributed by atoms with Crippen LogP contribution >= 0.6 is 0 Å². The number of hydrogen-bond acceptors (Lipinski definition) is 8. The monoisotopic (exact) mass is 565 g/mol. The lowest BCUT2D eigenvalue weighted by Crippen LogP contribution is -2.29. The van der Waals surface area contributed by atoms with Gasteiger partial charge >= 0.3 is 0 Å². The number of rotatable bonds is 10. The zero-order chi connectivity index (χ0) is 29.0. The molecule has 0 unspecified atom stereocenters. The third-order valence-electron chi connectivity index (χ3n) is 6.49. The highest BCUT2D eigenvalue weighted by Crippen LogP contribution is 2.38. The van der Waals surface area contributed by atoms with E-state index in [0.717, 1.165) is 11.6 Å². The Hall–Kier alpha value is -4.34. The molecule has 0 saturated carbocycles. The lowest BCUT2D eigenvalue weighted by molar-refractivity contribution is 0.103. The third-order valence-corrected chi connectivity index (χ3v) is 8.53. The van der Waals surface area contributed by atoms with E-state index in [1.165, 1.54) is 40.4 Å². The Bertz CT molecular complexity index is 1660. The molecule has 0 aliphatic carbocycles. The molecule has 12 heteroatoms. The normalized spacial score (nSPS) is 12.9. The first-order valence-electron chi connectivity index (χ1n) is 12.1.